The number of ether oxygens (including phenoxy) is 1. The van der Waals surface area contributed by atoms with Crippen molar-refractivity contribution in [1.29, 1.82) is 0 Å². The number of benzene rings is 2. The maximum absolute atomic E-state index is 13.5. The van der Waals surface area contributed by atoms with E-state index in [0.29, 0.717) is 39.8 Å². The number of carbonyl (C=O) groups excluding carboxylic acids is 1. The Hall–Kier alpha value is -4.20. The second kappa shape index (κ2) is 9.21. The van der Waals surface area contributed by atoms with Crippen LogP contribution in [0.25, 0.3) is 28.5 Å². The number of H-pyrrole nitrogens is 1. The molecule has 0 atom stereocenters. The van der Waals surface area contributed by atoms with Crippen molar-refractivity contribution < 1.29 is 19.0 Å². The Balaban J connectivity index is 1.69. The third-order valence-corrected chi connectivity index (χ3v) is 5.68. The Morgan fingerprint density at radius 3 is 2.51 bits per heavy atom. The highest BCUT2D eigenvalue weighted by atomic mass is 19.1. The molecule has 7 nitrogen and oxygen atoms in total. The first-order valence-corrected chi connectivity index (χ1v) is 11.1. The number of nitrogens with one attached hydrogen (secondary N) is 1. The van der Waals surface area contributed by atoms with E-state index in [1.54, 1.807) is 36.7 Å². The Bertz CT molecular complexity index is 1390. The number of rotatable bonds is 7. The Morgan fingerprint density at radius 1 is 1.17 bits per heavy atom. The largest absolute Gasteiger partial charge is 0.508 e. The average Bonchev–Trinajstić information content (AvgIpc) is 3.47. The number of imidazole rings is 2. The summed E-state index contributed by atoms with van der Waals surface area (Å²) < 4.78 is 20.9. The summed E-state index contributed by atoms with van der Waals surface area (Å²) >= 11 is 0. The van der Waals surface area contributed by atoms with Gasteiger partial charge in [-0.3, -0.25) is 4.79 Å². The molecule has 0 radical (unpaired) electrons. The fraction of sp³-hybridized carbons (Fsp3) is 0.222. The summed E-state index contributed by atoms with van der Waals surface area (Å²) in [7, 11) is 1.51. The lowest BCUT2D eigenvalue weighted by Gasteiger charge is -2.23. The molecule has 0 spiro atoms. The molecule has 0 saturated heterocycles. The van der Waals surface area contributed by atoms with Crippen molar-refractivity contribution in [2.24, 2.45) is 0 Å². The molecule has 180 valence electrons. The van der Waals surface area contributed by atoms with Gasteiger partial charge in [-0.15, -0.1) is 0 Å². The van der Waals surface area contributed by atoms with E-state index < -0.39 is 0 Å². The van der Waals surface area contributed by atoms with Crippen molar-refractivity contribution in [1.82, 2.24) is 19.5 Å². The molecule has 0 bridgehead atoms. The minimum Gasteiger partial charge on any atom is -0.508 e. The van der Waals surface area contributed by atoms with E-state index in [1.165, 1.54) is 25.4 Å². The van der Waals surface area contributed by atoms with Gasteiger partial charge in [-0.1, -0.05) is 18.7 Å². The molecule has 0 aliphatic heterocycles. The molecule has 2 heterocycles. The lowest BCUT2D eigenvalue weighted by molar-refractivity contribution is 0.0988. The number of halogens is 1. The van der Waals surface area contributed by atoms with Crippen LogP contribution in [0, 0.1) is 5.82 Å². The first-order chi connectivity index (χ1) is 16.6. The summed E-state index contributed by atoms with van der Waals surface area (Å²) in [5.41, 5.74) is 3.29. The number of aliphatic hydroxyl groups excluding tert-OH is 1. The normalized spacial score (nSPS) is 11.5. The first kappa shape index (κ1) is 23.9. The molecule has 0 aliphatic carbocycles. The summed E-state index contributed by atoms with van der Waals surface area (Å²) in [5, 5.41) is 9.63. The van der Waals surface area contributed by atoms with Crippen LogP contribution in [0.1, 0.15) is 42.4 Å². The molecule has 2 aromatic carbocycles. The molecule has 4 rings (SSSR count). The van der Waals surface area contributed by atoms with Crippen LogP contribution in [-0.4, -0.2) is 37.5 Å². The van der Waals surface area contributed by atoms with Crippen molar-refractivity contribution in [2.75, 3.05) is 7.11 Å². The highest BCUT2D eigenvalue weighted by Crippen LogP contribution is 2.33. The van der Waals surface area contributed by atoms with Gasteiger partial charge in [0, 0.05) is 28.7 Å². The molecule has 2 N–H and O–H groups in total. The second-order valence-electron chi connectivity index (χ2n) is 9.21. The quantitative estimate of drug-likeness (QED) is 0.261. The van der Waals surface area contributed by atoms with Crippen LogP contribution in [0.2, 0.25) is 0 Å². The van der Waals surface area contributed by atoms with E-state index in [-0.39, 0.29) is 29.3 Å². The number of methoxy groups -OCH3 is 1. The second-order valence-corrected chi connectivity index (χ2v) is 9.21. The van der Waals surface area contributed by atoms with E-state index >= 15 is 0 Å². The minimum atomic E-state index is -0.330. The van der Waals surface area contributed by atoms with Gasteiger partial charge in [0.05, 0.1) is 25.3 Å². The number of Topliss-reactive ketones (excluding diaryl/α,β-unsaturated/α-hetero) is 1. The van der Waals surface area contributed by atoms with Gasteiger partial charge in [-0.2, -0.15) is 0 Å². The SMILES string of the molecule is C=C(O)c1ccc(CC(=O)c2cnc(-c3c(-c4ccc(F)cc4)ncn3C(C)(C)C)[nH]2)c(OC)c1. The molecule has 0 amide bonds. The molecular formula is C27H27FN4O3. The van der Waals surface area contributed by atoms with E-state index in [9.17, 15) is 14.3 Å². The topological polar surface area (TPSA) is 93.0 Å². The van der Waals surface area contributed by atoms with Gasteiger partial charge in [0.25, 0.3) is 0 Å². The van der Waals surface area contributed by atoms with E-state index in [4.69, 9.17) is 4.74 Å². The molecule has 0 saturated carbocycles. The number of hydrogen-bond donors (Lipinski definition) is 2. The number of hydrogen-bond acceptors (Lipinski definition) is 5. The van der Waals surface area contributed by atoms with E-state index in [2.05, 4.69) is 21.5 Å². The monoisotopic (exact) mass is 474 g/mol. The van der Waals surface area contributed by atoms with Crippen molar-refractivity contribution in [3.8, 4) is 28.5 Å². The first-order valence-electron chi connectivity index (χ1n) is 11.1. The van der Waals surface area contributed by atoms with Crippen molar-refractivity contribution in [3.63, 3.8) is 0 Å². The van der Waals surface area contributed by atoms with Gasteiger partial charge >= 0.3 is 0 Å². The lowest BCUT2D eigenvalue weighted by Crippen LogP contribution is -2.22. The van der Waals surface area contributed by atoms with Gasteiger partial charge in [0.2, 0.25) is 0 Å². The zero-order chi connectivity index (χ0) is 25.3. The number of aromatic amines is 1. The number of aromatic nitrogens is 4. The molecule has 2 aromatic heterocycles. The Morgan fingerprint density at radius 2 is 1.89 bits per heavy atom. The van der Waals surface area contributed by atoms with Crippen LogP contribution in [-0.2, 0) is 12.0 Å². The van der Waals surface area contributed by atoms with Crippen molar-refractivity contribution in [3.05, 3.63) is 84.2 Å². The minimum absolute atomic E-state index is 0.0757. The van der Waals surface area contributed by atoms with Crippen molar-refractivity contribution >= 4 is 11.5 Å². The highest BCUT2D eigenvalue weighted by molar-refractivity contribution is 5.96. The maximum Gasteiger partial charge on any atom is 0.185 e. The third-order valence-electron chi connectivity index (χ3n) is 5.68. The highest BCUT2D eigenvalue weighted by Gasteiger charge is 2.25. The van der Waals surface area contributed by atoms with Gasteiger partial charge in [-0.25, -0.2) is 14.4 Å². The third kappa shape index (κ3) is 4.87. The predicted molar refractivity (Wildman–Crippen MR) is 133 cm³/mol. The predicted octanol–water partition coefficient (Wildman–Crippen LogP) is 5.80. The molecule has 35 heavy (non-hydrogen) atoms. The maximum atomic E-state index is 13.5. The number of aliphatic hydroxyl groups is 1. The molecule has 0 fully saturated rings. The Labute approximate surface area is 202 Å². The average molecular weight is 475 g/mol. The summed E-state index contributed by atoms with van der Waals surface area (Å²) in [6.45, 7) is 9.64. The number of nitrogens with zero attached hydrogens (tertiary/aromatic N) is 3. The van der Waals surface area contributed by atoms with Crippen LogP contribution >= 0.6 is 0 Å². The van der Waals surface area contributed by atoms with Crippen LogP contribution in [0.15, 0.2) is 61.6 Å². The summed E-state index contributed by atoms with van der Waals surface area (Å²) in [6.07, 6.45) is 3.30. The van der Waals surface area contributed by atoms with Crippen LogP contribution in [0.3, 0.4) is 0 Å². The molecular weight excluding hydrogens is 447 g/mol. The van der Waals surface area contributed by atoms with Crippen LogP contribution in [0.4, 0.5) is 4.39 Å². The fourth-order valence-corrected chi connectivity index (χ4v) is 3.82. The molecule has 0 aliphatic rings. The van der Waals surface area contributed by atoms with Gasteiger partial charge in [-0.05, 0) is 51.1 Å². The summed E-state index contributed by atoms with van der Waals surface area (Å²) in [5.74, 6) is 0.381. The lowest BCUT2D eigenvalue weighted by atomic mass is 10.0. The molecule has 4 aromatic rings. The van der Waals surface area contributed by atoms with Gasteiger partial charge in [0.1, 0.15) is 28.7 Å². The summed E-state index contributed by atoms with van der Waals surface area (Å²) in [4.78, 5) is 25.3. The number of carbonyl (C=O) groups is 1. The van der Waals surface area contributed by atoms with E-state index in [1.807, 2.05) is 25.3 Å². The van der Waals surface area contributed by atoms with Crippen molar-refractivity contribution in [2.45, 2.75) is 32.7 Å². The van der Waals surface area contributed by atoms with E-state index in [0.717, 1.165) is 5.56 Å². The van der Waals surface area contributed by atoms with Crippen LogP contribution in [0.5, 0.6) is 5.75 Å². The smallest absolute Gasteiger partial charge is 0.185 e. The molecule has 8 heteroatoms. The van der Waals surface area contributed by atoms with Crippen LogP contribution < -0.4 is 4.74 Å². The Kier molecular flexibility index (Phi) is 6.30. The zero-order valence-corrected chi connectivity index (χ0v) is 20.1. The van der Waals surface area contributed by atoms with Gasteiger partial charge in [0.15, 0.2) is 11.6 Å². The number of ketones is 1. The van der Waals surface area contributed by atoms with Gasteiger partial charge < -0.3 is 19.4 Å². The fourth-order valence-electron chi connectivity index (χ4n) is 3.82. The standard InChI is InChI=1S/C27H27FN4O3/c1-16(33)18-6-7-19(23(13-18)35-5)12-22(34)21-14-29-26(31-21)25-24(17-8-10-20(28)11-9-17)30-15-32(25)27(2,3)4/h6-11,13-15,33H,1,12H2,2-5H3,(H,29,31). The zero-order valence-electron chi connectivity index (χ0n) is 20.1. The molecule has 0 unspecified atom stereocenters. The summed E-state index contributed by atoms with van der Waals surface area (Å²) in [6, 6.07) is 11.2.